The van der Waals surface area contributed by atoms with Crippen molar-refractivity contribution >= 4 is 325 Å². The van der Waals surface area contributed by atoms with E-state index in [0.29, 0.717) is 0 Å². The summed E-state index contributed by atoms with van der Waals surface area (Å²) in [4.78, 5) is 0. The van der Waals surface area contributed by atoms with Crippen LogP contribution in [0.25, 0.3) is 0 Å². The lowest BCUT2D eigenvalue weighted by molar-refractivity contribution is 0.123. The molecule has 0 saturated carbocycles. The van der Waals surface area contributed by atoms with Gasteiger partial charge in [-0.25, -0.2) is 0 Å². The van der Waals surface area contributed by atoms with Crippen LogP contribution in [0.1, 0.15) is 7.85 Å². The Kier molecular flexibility index (Phi) is 1870. The van der Waals surface area contributed by atoms with Gasteiger partial charge in [-0.15, -0.1) is 0 Å². The average Bonchev–Trinajstić information content (AvgIpc) is 3.46. The molecule has 0 aliphatic heterocycles. The Morgan fingerprint density at radius 2 is 0.322 bits per heavy atom. The zero-order valence-electron chi connectivity index (χ0n) is 42.0. The Balaban J connectivity index is -0.00000000875. The van der Waals surface area contributed by atoms with E-state index in [2.05, 4.69) is 316 Å². The van der Waals surface area contributed by atoms with Crippen molar-refractivity contribution in [3.63, 3.8) is 0 Å². The highest BCUT2D eigenvalue weighted by molar-refractivity contribution is 7.82. The molecule has 3 nitrogen and oxygen atoms in total. The normalized spacial score (nSPS) is 4.68. The van der Waals surface area contributed by atoms with Gasteiger partial charge < -0.3 is 13.3 Å². The van der Waals surface area contributed by atoms with Gasteiger partial charge in [0.2, 0.25) is 0 Å². The maximum absolute atomic E-state index is 5.20. The Labute approximate surface area is 521 Å². The molecule has 0 unspecified atom stereocenters. The molecule has 0 saturated heterocycles. The third-order valence-electron chi connectivity index (χ3n) is 1.57. The Morgan fingerprint density at radius 3 is 0.373 bits per heavy atom. The minimum Gasteiger partial charge on any atom is -0.377 e. The van der Waals surface area contributed by atoms with E-state index in [-0.39, 0.29) is 1.43 Å². The minimum atomic E-state index is -2.29. The lowest BCUT2D eigenvalue weighted by atomic mass is 10.6. The van der Waals surface area contributed by atoms with Gasteiger partial charge in [0.25, 0.3) is 0 Å². The zero-order chi connectivity index (χ0) is 56.7. The largest absolute Gasteiger partial charge is 0.500 e. The lowest BCUT2D eigenvalue weighted by Gasteiger charge is -2.23. The molecule has 0 fully saturated rings. The number of hydrogen-bond donors (Lipinski definition) is 25. The highest BCUT2D eigenvalue weighted by atomic mass is 32.1. The summed E-state index contributed by atoms with van der Waals surface area (Å²) < 4.78 is 15.6. The van der Waals surface area contributed by atoms with Crippen molar-refractivity contribution in [1.29, 1.82) is 0 Å². The van der Waals surface area contributed by atoms with Gasteiger partial charge in [-0.2, -0.15) is 316 Å². The SMILES string of the molecule is CO[Si](CCCS)(OC)OC.CS.CS.CS.CS.CS.CS.CS.CS.CS.CS.CS.CS.CS.CS.CS.CS.CS.CS.CS.CS.CS.CS.CS.CS.[HH]. The molecule has 406 valence electrons. The molecule has 0 aliphatic carbocycles. The average molecular weight is 1350 g/mol. The number of rotatable bonds is 6. The van der Waals surface area contributed by atoms with Crippen molar-refractivity contribution in [3.8, 4) is 0 Å². The second-order valence-electron chi connectivity index (χ2n) is 2.12. The van der Waals surface area contributed by atoms with Gasteiger partial charge in [0.15, 0.2) is 0 Å². The Morgan fingerprint density at radius 1 is 0.237 bits per heavy atom. The van der Waals surface area contributed by atoms with E-state index in [1.54, 1.807) is 171 Å². The molecule has 0 aromatic rings. The quantitative estimate of drug-likeness (QED) is 0.0966. The third-order valence-corrected chi connectivity index (χ3v) is 4.72. The highest BCUT2D eigenvalue weighted by Crippen LogP contribution is 2.14. The predicted octanol–water partition coefficient (Wildman–Crippen LogP) is 14.5. The first-order chi connectivity index (χ1) is 29.2. The standard InChI is InChI=1S/C6H16O3SSi.24CH4S.H2/c1-7-11(8-2,9-3)6-4-5-10;24*1-2;/h10H,4-6H2,1-3H3;24*2H,1H3;1H. The van der Waals surface area contributed by atoms with E-state index >= 15 is 0 Å². The van der Waals surface area contributed by atoms with Crippen LogP contribution in [0.5, 0.6) is 0 Å². The molecule has 0 aromatic carbocycles. The smallest absolute Gasteiger partial charge is 0.377 e. The fourth-order valence-corrected chi connectivity index (χ4v) is 3.03. The topological polar surface area (TPSA) is 27.7 Å². The summed E-state index contributed by atoms with van der Waals surface area (Å²) in [5, 5.41) is 0. The number of hydrogen-bond acceptors (Lipinski definition) is 28. The van der Waals surface area contributed by atoms with Crippen molar-refractivity contribution in [1.82, 2.24) is 0 Å². The lowest BCUT2D eigenvalue weighted by Crippen LogP contribution is -2.42. The fraction of sp³-hybridized carbons (Fsp3) is 1.00. The van der Waals surface area contributed by atoms with Gasteiger partial charge in [0.05, 0.1) is 0 Å². The van der Waals surface area contributed by atoms with Gasteiger partial charge in [-0.1, -0.05) is 0 Å². The maximum Gasteiger partial charge on any atom is 0.500 e. The molecule has 59 heavy (non-hydrogen) atoms. The van der Waals surface area contributed by atoms with Crippen molar-refractivity contribution in [2.75, 3.05) is 177 Å². The van der Waals surface area contributed by atoms with Crippen molar-refractivity contribution in [2.24, 2.45) is 0 Å². The van der Waals surface area contributed by atoms with Crippen LogP contribution < -0.4 is 0 Å². The molecule has 0 heterocycles. The Bertz CT molecular complexity index is 158. The van der Waals surface area contributed by atoms with Crippen LogP contribution in [0.15, 0.2) is 0 Å². The van der Waals surface area contributed by atoms with Gasteiger partial charge in [-0.05, 0) is 162 Å². The van der Waals surface area contributed by atoms with E-state index in [1.807, 2.05) is 0 Å². The zero-order valence-corrected chi connectivity index (χ0v) is 65.4. The molecule has 0 amide bonds. The molecular formula is C30H114O3S25Si. The van der Waals surface area contributed by atoms with Crippen molar-refractivity contribution in [3.05, 3.63) is 0 Å². The van der Waals surface area contributed by atoms with Crippen LogP contribution >= 0.6 is 316 Å². The van der Waals surface area contributed by atoms with Gasteiger partial charge >= 0.3 is 8.80 Å². The first-order valence-electron chi connectivity index (χ1n) is 14.2. The van der Waals surface area contributed by atoms with E-state index in [9.17, 15) is 0 Å². The molecule has 0 atom stereocenters. The summed E-state index contributed by atoms with van der Waals surface area (Å²) >= 11 is 88.8. The number of thiol groups is 25. The van der Waals surface area contributed by atoms with Gasteiger partial charge in [0.1, 0.15) is 0 Å². The first-order valence-corrected chi connectivity index (χ1v) is 38.3. The summed E-state index contributed by atoms with van der Waals surface area (Å²) in [6.07, 6.45) is 41.6. The molecule has 0 aliphatic rings. The minimum absolute atomic E-state index is 0. The van der Waals surface area contributed by atoms with E-state index in [4.69, 9.17) is 13.3 Å². The van der Waals surface area contributed by atoms with Gasteiger partial charge in [-0.3, -0.25) is 0 Å². The molecule has 0 bridgehead atoms. The van der Waals surface area contributed by atoms with Crippen molar-refractivity contribution in [2.45, 2.75) is 12.5 Å². The molecular weight excluding hydrogens is 1240 g/mol. The molecule has 0 radical (unpaired) electrons. The Hall–Kier alpha value is 8.85. The fourth-order valence-electron chi connectivity index (χ4n) is 0.852. The second-order valence-corrected chi connectivity index (χ2v) is 5.66. The van der Waals surface area contributed by atoms with Crippen LogP contribution in [-0.2, 0) is 13.3 Å². The second kappa shape index (κ2) is 667. The van der Waals surface area contributed by atoms with Crippen LogP contribution in [-0.4, -0.2) is 186 Å². The van der Waals surface area contributed by atoms with Crippen LogP contribution in [0.4, 0.5) is 0 Å². The first kappa shape index (κ1) is 165. The molecule has 0 spiro atoms. The summed E-state index contributed by atoms with van der Waals surface area (Å²) in [6, 6.07) is 0.833. The summed E-state index contributed by atoms with van der Waals surface area (Å²) in [5.74, 6) is 0.838. The van der Waals surface area contributed by atoms with Crippen LogP contribution in [0.3, 0.4) is 0 Å². The maximum atomic E-state index is 5.20. The van der Waals surface area contributed by atoms with Crippen LogP contribution in [0, 0.1) is 0 Å². The van der Waals surface area contributed by atoms with E-state index in [1.165, 1.54) is 0 Å². The van der Waals surface area contributed by atoms with E-state index in [0.717, 1.165) is 18.2 Å². The molecule has 0 N–H and O–H groups in total. The third kappa shape index (κ3) is 539. The highest BCUT2D eigenvalue weighted by Gasteiger charge is 2.36. The summed E-state index contributed by atoms with van der Waals surface area (Å²) in [7, 11) is 2.58. The summed E-state index contributed by atoms with van der Waals surface area (Å²) in [5.41, 5.74) is 0. The molecule has 0 rings (SSSR count). The monoisotopic (exact) mass is 1350 g/mol. The molecule has 0 aromatic heterocycles. The summed E-state index contributed by atoms with van der Waals surface area (Å²) in [6.45, 7) is 0. The van der Waals surface area contributed by atoms with Crippen molar-refractivity contribution < 1.29 is 14.7 Å². The molecule has 29 heteroatoms. The van der Waals surface area contributed by atoms with E-state index < -0.39 is 8.80 Å². The predicted molar refractivity (Wildman–Crippen MR) is 410 cm³/mol. The van der Waals surface area contributed by atoms with Crippen LogP contribution in [0.2, 0.25) is 6.04 Å². The van der Waals surface area contributed by atoms with Gasteiger partial charge in [0, 0.05) is 28.8 Å².